The van der Waals surface area contributed by atoms with E-state index >= 15 is 0 Å². The molecule has 0 spiro atoms. The number of fused-ring (bicyclic) bond motifs is 6. The molecule has 5 aliphatic rings. The van der Waals surface area contributed by atoms with Crippen LogP contribution in [0.5, 0.6) is 5.75 Å². The highest BCUT2D eigenvalue weighted by atomic mass is 32.2. The number of aliphatic hydroxyl groups excluding tert-OH is 3. The Bertz CT molecular complexity index is 1350. The first-order valence-corrected chi connectivity index (χ1v) is 17.7. The lowest BCUT2D eigenvalue weighted by Gasteiger charge is -2.62. The minimum absolute atomic E-state index is 0.0282. The number of nitrogens with one attached hydrogen (secondary N) is 1. The fraction of sp³-hybridized carbons (Fsp3) is 0.788. The topological polar surface area (TPSA) is 142 Å². The zero-order chi connectivity index (χ0) is 30.9. The van der Waals surface area contributed by atoms with Crippen molar-refractivity contribution in [3.05, 3.63) is 23.8 Å². The van der Waals surface area contributed by atoms with E-state index in [0.29, 0.717) is 41.4 Å². The maximum Gasteiger partial charge on any atom is 0.421 e. The normalized spacial score (nSPS) is 42.5. The van der Waals surface area contributed by atoms with Gasteiger partial charge in [0.2, 0.25) is 0 Å². The van der Waals surface area contributed by atoms with E-state index in [2.05, 4.69) is 25.5 Å². The Balaban J connectivity index is 1.08. The van der Waals surface area contributed by atoms with Crippen molar-refractivity contribution in [1.82, 2.24) is 4.72 Å². The van der Waals surface area contributed by atoms with Gasteiger partial charge in [-0.2, -0.15) is 0 Å². The summed E-state index contributed by atoms with van der Waals surface area (Å²) >= 11 is 0. The standard InChI is InChI=1S/C33H49NO8S/c1-19(17-41-30(38)34-43(39,40)23-5-8-28-20(13-23)16-31(2,18-35)42-28)24-6-7-25-29-26(10-12-33(24,25)4)32(3)11-9-22(36)14-21(32)15-27(29)37/h5,8,13,19,21-22,24-27,29,35-37H,6-7,9-12,14-18H2,1-4H3,(H,34,38)/t19-,21+,22-,24-,25+,26+,27-,29+,31?,32+,33-/m1/s1. The molecule has 0 radical (unpaired) electrons. The second-order valence-electron chi connectivity index (χ2n) is 15.3. The molecule has 43 heavy (non-hydrogen) atoms. The molecule has 1 aliphatic heterocycles. The Morgan fingerprint density at radius 1 is 1.07 bits per heavy atom. The number of hydrogen-bond donors (Lipinski definition) is 4. The summed E-state index contributed by atoms with van der Waals surface area (Å²) in [5.41, 5.74) is 0.0666. The van der Waals surface area contributed by atoms with E-state index in [9.17, 15) is 28.5 Å². The number of carbonyl (C=O) groups is 1. The van der Waals surface area contributed by atoms with Crippen LogP contribution in [0.25, 0.3) is 0 Å². The summed E-state index contributed by atoms with van der Waals surface area (Å²) in [6.07, 6.45) is 6.45. The molecule has 10 heteroatoms. The van der Waals surface area contributed by atoms with Crippen LogP contribution in [-0.4, -0.2) is 60.9 Å². The Morgan fingerprint density at radius 3 is 2.53 bits per heavy atom. The summed E-state index contributed by atoms with van der Waals surface area (Å²) < 4.78 is 39.3. The highest BCUT2D eigenvalue weighted by Crippen LogP contribution is 2.68. The van der Waals surface area contributed by atoms with E-state index in [1.807, 2.05) is 0 Å². The summed E-state index contributed by atoms with van der Waals surface area (Å²) in [6, 6.07) is 4.40. The Hall–Kier alpha value is -1.88. The van der Waals surface area contributed by atoms with Crippen LogP contribution in [0.1, 0.15) is 84.6 Å². The first kappa shape index (κ1) is 31.1. The third-order valence-electron chi connectivity index (χ3n) is 12.7. The monoisotopic (exact) mass is 619 g/mol. The number of ether oxygens (including phenoxy) is 2. The molecular formula is C33H49NO8S. The molecule has 1 amide bonds. The lowest BCUT2D eigenvalue weighted by molar-refractivity contribution is -0.174. The van der Waals surface area contributed by atoms with Crippen LogP contribution in [-0.2, 0) is 21.2 Å². The summed E-state index contributed by atoms with van der Waals surface area (Å²) in [6.45, 7) is 8.54. The van der Waals surface area contributed by atoms with Crippen LogP contribution in [0, 0.1) is 46.3 Å². The number of hydrogen-bond acceptors (Lipinski definition) is 8. The van der Waals surface area contributed by atoms with Gasteiger partial charge in [-0.15, -0.1) is 0 Å². The second-order valence-corrected chi connectivity index (χ2v) is 17.0. The highest BCUT2D eigenvalue weighted by Gasteiger charge is 2.63. The van der Waals surface area contributed by atoms with Crippen LogP contribution in [0.2, 0.25) is 0 Å². The van der Waals surface area contributed by atoms with E-state index in [1.165, 1.54) is 12.1 Å². The Morgan fingerprint density at radius 2 is 1.79 bits per heavy atom. The smallest absolute Gasteiger partial charge is 0.421 e. The molecule has 0 saturated heterocycles. The predicted molar refractivity (Wildman–Crippen MR) is 160 cm³/mol. The van der Waals surface area contributed by atoms with E-state index in [1.54, 1.807) is 13.0 Å². The van der Waals surface area contributed by atoms with Gasteiger partial charge in [0.1, 0.15) is 11.4 Å². The summed E-state index contributed by atoms with van der Waals surface area (Å²) in [5.74, 6) is 2.39. The highest BCUT2D eigenvalue weighted by molar-refractivity contribution is 7.90. The molecule has 0 aromatic heterocycles. The van der Waals surface area contributed by atoms with Crippen molar-refractivity contribution in [3.8, 4) is 5.75 Å². The largest absolute Gasteiger partial charge is 0.485 e. The molecule has 1 aromatic rings. The van der Waals surface area contributed by atoms with E-state index in [0.717, 1.165) is 51.4 Å². The van der Waals surface area contributed by atoms with Gasteiger partial charge in [-0.3, -0.25) is 0 Å². The Kier molecular flexibility index (Phi) is 7.87. The van der Waals surface area contributed by atoms with E-state index < -0.39 is 21.7 Å². The van der Waals surface area contributed by atoms with Crippen LogP contribution in [0.15, 0.2) is 23.1 Å². The van der Waals surface area contributed by atoms with Gasteiger partial charge < -0.3 is 24.8 Å². The minimum atomic E-state index is -4.15. The lowest BCUT2D eigenvalue weighted by Crippen LogP contribution is -2.58. The number of carbonyl (C=O) groups excluding carboxylic acids is 1. The van der Waals surface area contributed by atoms with Gasteiger partial charge in [0.15, 0.2) is 0 Å². The van der Waals surface area contributed by atoms with Gasteiger partial charge in [0.25, 0.3) is 10.0 Å². The first-order chi connectivity index (χ1) is 20.2. The molecule has 4 N–H and O–H groups in total. The number of sulfonamides is 1. The van der Waals surface area contributed by atoms with Crippen LogP contribution in [0.4, 0.5) is 4.79 Å². The fourth-order valence-electron chi connectivity index (χ4n) is 10.5. The predicted octanol–water partition coefficient (Wildman–Crippen LogP) is 4.41. The molecule has 1 aromatic carbocycles. The van der Waals surface area contributed by atoms with Crippen molar-refractivity contribution in [2.24, 2.45) is 46.3 Å². The third kappa shape index (κ3) is 5.28. The average Bonchev–Trinajstić information content (AvgIpc) is 3.48. The molecule has 1 heterocycles. The first-order valence-electron chi connectivity index (χ1n) is 16.2. The van der Waals surface area contributed by atoms with E-state index in [4.69, 9.17) is 9.47 Å². The number of amides is 1. The molecule has 4 saturated carbocycles. The maximum atomic E-state index is 13.0. The zero-order valence-electron chi connectivity index (χ0n) is 25.9. The number of aliphatic hydroxyl groups is 3. The molecule has 6 rings (SSSR count). The van der Waals surface area contributed by atoms with E-state index in [-0.39, 0.29) is 53.0 Å². The second kappa shape index (κ2) is 10.9. The van der Waals surface area contributed by atoms with Crippen LogP contribution >= 0.6 is 0 Å². The van der Waals surface area contributed by atoms with Gasteiger partial charge in [-0.25, -0.2) is 17.9 Å². The molecule has 240 valence electrons. The average molecular weight is 620 g/mol. The summed E-state index contributed by atoms with van der Waals surface area (Å²) in [4.78, 5) is 12.6. The van der Waals surface area contributed by atoms with Crippen molar-refractivity contribution in [2.75, 3.05) is 13.2 Å². The minimum Gasteiger partial charge on any atom is -0.485 e. The third-order valence-corrected chi connectivity index (χ3v) is 14.0. The number of benzene rings is 1. The van der Waals surface area contributed by atoms with Gasteiger partial charge in [-0.1, -0.05) is 20.8 Å². The van der Waals surface area contributed by atoms with Crippen molar-refractivity contribution < 1.29 is 38.0 Å². The van der Waals surface area contributed by atoms with Crippen molar-refractivity contribution in [2.45, 2.75) is 108 Å². The van der Waals surface area contributed by atoms with Crippen molar-refractivity contribution in [1.29, 1.82) is 0 Å². The zero-order valence-corrected chi connectivity index (χ0v) is 26.7. The van der Waals surface area contributed by atoms with Crippen LogP contribution in [0.3, 0.4) is 0 Å². The maximum absolute atomic E-state index is 13.0. The molecule has 0 bridgehead atoms. The van der Waals surface area contributed by atoms with Crippen molar-refractivity contribution in [3.63, 3.8) is 0 Å². The molecule has 1 unspecified atom stereocenters. The lowest BCUT2D eigenvalue weighted by atomic mass is 9.43. The van der Waals surface area contributed by atoms with Crippen LogP contribution < -0.4 is 9.46 Å². The molecular weight excluding hydrogens is 570 g/mol. The van der Waals surface area contributed by atoms with Gasteiger partial charge in [0, 0.05) is 6.42 Å². The summed E-state index contributed by atoms with van der Waals surface area (Å²) in [5, 5.41) is 31.4. The molecule has 4 fully saturated rings. The number of rotatable bonds is 6. The fourth-order valence-corrected chi connectivity index (χ4v) is 11.4. The summed E-state index contributed by atoms with van der Waals surface area (Å²) in [7, 11) is -4.15. The SMILES string of the molecule is C[C@H](COC(=O)NS(=O)(=O)c1ccc2c(c1)CC(C)(CO)O2)[C@H]1CC[C@H]2[C@@H]3[C@H](O)C[C@@H]4C[C@H](O)CC[C@]4(C)[C@H]3CC[C@]12C. The van der Waals surface area contributed by atoms with Crippen molar-refractivity contribution >= 4 is 16.1 Å². The molecule has 9 nitrogen and oxygen atoms in total. The Labute approximate surface area is 255 Å². The molecule has 11 atom stereocenters. The van der Waals surface area contributed by atoms with Gasteiger partial charge in [-0.05, 0) is 128 Å². The van der Waals surface area contributed by atoms with Gasteiger partial charge in [0.05, 0.1) is 30.3 Å². The quantitative estimate of drug-likeness (QED) is 0.367. The van der Waals surface area contributed by atoms with Gasteiger partial charge >= 0.3 is 6.09 Å². The molecule has 4 aliphatic carbocycles.